The minimum absolute atomic E-state index is 0.0569. The van der Waals surface area contributed by atoms with E-state index in [4.69, 9.17) is 5.73 Å². The lowest BCUT2D eigenvalue weighted by Gasteiger charge is -2.08. The molecule has 3 nitrogen and oxygen atoms in total. The smallest absolute Gasteiger partial charge is 0.220 e. The van der Waals surface area contributed by atoms with E-state index in [1.165, 1.54) is 16.7 Å². The molecule has 1 amide bonds. The first-order valence-electron chi connectivity index (χ1n) is 7.32. The summed E-state index contributed by atoms with van der Waals surface area (Å²) < 4.78 is 0. The second kappa shape index (κ2) is 7.60. The minimum Gasteiger partial charge on any atom is -0.352 e. The highest BCUT2D eigenvalue weighted by Crippen LogP contribution is 2.21. The van der Waals surface area contributed by atoms with Gasteiger partial charge < -0.3 is 11.1 Å². The summed E-state index contributed by atoms with van der Waals surface area (Å²) in [7, 11) is 0. The van der Waals surface area contributed by atoms with Crippen LogP contribution in [-0.2, 0) is 11.3 Å². The number of hydrogen-bond acceptors (Lipinski definition) is 2. The summed E-state index contributed by atoms with van der Waals surface area (Å²) in [6, 6.07) is 16.7. The van der Waals surface area contributed by atoms with Crippen LogP contribution in [0.5, 0.6) is 0 Å². The van der Waals surface area contributed by atoms with Gasteiger partial charge in [-0.15, -0.1) is 0 Å². The highest BCUT2D eigenvalue weighted by Gasteiger charge is 2.02. The first-order chi connectivity index (χ1) is 10.2. The summed E-state index contributed by atoms with van der Waals surface area (Å²) in [5, 5.41) is 2.93. The predicted octanol–water partition coefficient (Wildman–Crippen LogP) is 3.02. The topological polar surface area (TPSA) is 55.1 Å². The Labute approximate surface area is 126 Å². The maximum Gasteiger partial charge on any atom is 0.220 e. The van der Waals surface area contributed by atoms with Crippen LogP contribution < -0.4 is 11.1 Å². The molecule has 0 fully saturated rings. The average Bonchev–Trinajstić information content (AvgIpc) is 2.51. The van der Waals surface area contributed by atoms with E-state index in [2.05, 4.69) is 48.6 Å². The highest BCUT2D eigenvalue weighted by atomic mass is 16.1. The van der Waals surface area contributed by atoms with Gasteiger partial charge in [0.1, 0.15) is 0 Å². The largest absolute Gasteiger partial charge is 0.352 e. The Morgan fingerprint density at radius 1 is 1.10 bits per heavy atom. The zero-order chi connectivity index (χ0) is 15.1. The summed E-state index contributed by atoms with van der Waals surface area (Å²) in [5.41, 5.74) is 10.1. The van der Waals surface area contributed by atoms with Crippen LogP contribution in [0.15, 0.2) is 48.5 Å². The van der Waals surface area contributed by atoms with E-state index >= 15 is 0 Å². The molecule has 0 heterocycles. The highest BCUT2D eigenvalue weighted by molar-refractivity contribution is 5.76. The quantitative estimate of drug-likeness (QED) is 0.855. The van der Waals surface area contributed by atoms with Gasteiger partial charge in [0.15, 0.2) is 0 Å². The molecular formula is C18H22N2O. The Balaban J connectivity index is 2.03. The van der Waals surface area contributed by atoms with Crippen molar-refractivity contribution in [2.45, 2.75) is 26.3 Å². The average molecular weight is 282 g/mol. The number of amides is 1. The number of carbonyl (C=O) groups is 1. The Bertz CT molecular complexity index is 608. The van der Waals surface area contributed by atoms with Crippen molar-refractivity contribution in [3.63, 3.8) is 0 Å². The molecule has 3 heteroatoms. The molecule has 0 aliphatic carbocycles. The first-order valence-corrected chi connectivity index (χ1v) is 7.32. The summed E-state index contributed by atoms with van der Waals surface area (Å²) in [4.78, 5) is 11.6. The molecule has 0 spiro atoms. The van der Waals surface area contributed by atoms with Crippen LogP contribution in [0.1, 0.15) is 24.0 Å². The Hall–Kier alpha value is -2.13. The maximum absolute atomic E-state index is 11.6. The van der Waals surface area contributed by atoms with E-state index in [9.17, 15) is 4.79 Å². The molecule has 0 unspecified atom stereocenters. The first kappa shape index (κ1) is 15.3. The molecule has 21 heavy (non-hydrogen) atoms. The lowest BCUT2D eigenvalue weighted by Crippen LogP contribution is -2.23. The number of rotatable bonds is 6. The van der Waals surface area contributed by atoms with Crippen molar-refractivity contribution < 1.29 is 4.79 Å². The fourth-order valence-corrected chi connectivity index (χ4v) is 2.24. The van der Waals surface area contributed by atoms with Crippen LogP contribution >= 0.6 is 0 Å². The second-order valence-electron chi connectivity index (χ2n) is 5.24. The number of benzene rings is 2. The molecule has 0 atom stereocenters. The number of nitrogens with two attached hydrogens (primary N) is 1. The second-order valence-corrected chi connectivity index (χ2v) is 5.24. The van der Waals surface area contributed by atoms with E-state index in [-0.39, 0.29) is 5.91 Å². The van der Waals surface area contributed by atoms with Gasteiger partial charge in [-0.05, 0) is 42.6 Å². The van der Waals surface area contributed by atoms with Crippen molar-refractivity contribution in [3.05, 3.63) is 59.7 Å². The molecule has 0 aliphatic rings. The van der Waals surface area contributed by atoms with Crippen LogP contribution in [-0.4, -0.2) is 12.5 Å². The summed E-state index contributed by atoms with van der Waals surface area (Å²) in [6.07, 6.45) is 1.23. The van der Waals surface area contributed by atoms with E-state index in [1.807, 2.05) is 12.1 Å². The minimum atomic E-state index is 0.0569. The van der Waals surface area contributed by atoms with Gasteiger partial charge in [0.05, 0.1) is 0 Å². The van der Waals surface area contributed by atoms with Crippen molar-refractivity contribution in [1.29, 1.82) is 0 Å². The van der Waals surface area contributed by atoms with Gasteiger partial charge in [-0.25, -0.2) is 0 Å². The predicted molar refractivity (Wildman–Crippen MR) is 86.8 cm³/mol. The van der Waals surface area contributed by atoms with Crippen molar-refractivity contribution >= 4 is 5.91 Å². The molecule has 0 bridgehead atoms. The standard InChI is InChI=1S/C18H22N2O/c1-14-5-2-7-16(11-14)17-8-3-6-15(12-17)13-20-18(21)9-4-10-19/h2-3,5-8,11-12H,4,9-10,13,19H2,1H3,(H,20,21). The molecule has 110 valence electrons. The summed E-state index contributed by atoms with van der Waals surface area (Å²) in [5.74, 6) is 0.0569. The number of hydrogen-bond donors (Lipinski definition) is 2. The Morgan fingerprint density at radius 3 is 2.52 bits per heavy atom. The number of carbonyl (C=O) groups excluding carboxylic acids is 1. The van der Waals surface area contributed by atoms with Gasteiger partial charge in [0.25, 0.3) is 0 Å². The molecule has 0 radical (unpaired) electrons. The van der Waals surface area contributed by atoms with Crippen molar-refractivity contribution in [3.8, 4) is 11.1 Å². The SMILES string of the molecule is Cc1cccc(-c2cccc(CNC(=O)CCCN)c2)c1. The van der Waals surface area contributed by atoms with Crippen molar-refractivity contribution in [2.75, 3.05) is 6.54 Å². The molecule has 0 saturated heterocycles. The third-order valence-electron chi connectivity index (χ3n) is 3.38. The van der Waals surface area contributed by atoms with Crippen LogP contribution in [0, 0.1) is 6.92 Å². The molecule has 3 N–H and O–H groups in total. The van der Waals surface area contributed by atoms with Gasteiger partial charge in [0.2, 0.25) is 5.91 Å². The zero-order valence-corrected chi connectivity index (χ0v) is 12.4. The zero-order valence-electron chi connectivity index (χ0n) is 12.4. The fourth-order valence-electron chi connectivity index (χ4n) is 2.24. The van der Waals surface area contributed by atoms with Crippen LogP contribution in [0.25, 0.3) is 11.1 Å². The van der Waals surface area contributed by atoms with Gasteiger partial charge in [-0.1, -0.05) is 48.0 Å². The maximum atomic E-state index is 11.6. The summed E-state index contributed by atoms with van der Waals surface area (Å²) >= 11 is 0. The molecular weight excluding hydrogens is 260 g/mol. The van der Waals surface area contributed by atoms with Gasteiger partial charge in [-0.3, -0.25) is 4.79 Å². The summed E-state index contributed by atoms with van der Waals surface area (Å²) in [6.45, 7) is 3.20. The molecule has 2 aromatic carbocycles. The number of nitrogens with one attached hydrogen (secondary N) is 1. The van der Waals surface area contributed by atoms with E-state index in [0.29, 0.717) is 19.5 Å². The third-order valence-corrected chi connectivity index (χ3v) is 3.38. The van der Waals surface area contributed by atoms with Gasteiger partial charge in [-0.2, -0.15) is 0 Å². The third kappa shape index (κ3) is 4.72. The van der Waals surface area contributed by atoms with Gasteiger partial charge in [0, 0.05) is 13.0 Å². The normalized spacial score (nSPS) is 10.4. The van der Waals surface area contributed by atoms with E-state index < -0.39 is 0 Å². The number of aryl methyl sites for hydroxylation is 1. The van der Waals surface area contributed by atoms with Gasteiger partial charge >= 0.3 is 0 Å². The van der Waals surface area contributed by atoms with Crippen molar-refractivity contribution in [1.82, 2.24) is 5.32 Å². The molecule has 2 aromatic rings. The van der Waals surface area contributed by atoms with Crippen LogP contribution in [0.3, 0.4) is 0 Å². The lowest BCUT2D eigenvalue weighted by atomic mass is 10.0. The lowest BCUT2D eigenvalue weighted by molar-refractivity contribution is -0.121. The molecule has 2 rings (SSSR count). The van der Waals surface area contributed by atoms with Crippen LogP contribution in [0.4, 0.5) is 0 Å². The molecule has 0 aromatic heterocycles. The van der Waals surface area contributed by atoms with E-state index in [1.54, 1.807) is 0 Å². The van der Waals surface area contributed by atoms with Crippen LogP contribution in [0.2, 0.25) is 0 Å². The molecule has 0 aliphatic heterocycles. The Kier molecular flexibility index (Phi) is 5.52. The monoisotopic (exact) mass is 282 g/mol. The molecule has 0 saturated carbocycles. The fraction of sp³-hybridized carbons (Fsp3) is 0.278. The van der Waals surface area contributed by atoms with E-state index in [0.717, 1.165) is 12.0 Å². The Morgan fingerprint density at radius 2 is 1.81 bits per heavy atom. The van der Waals surface area contributed by atoms with Crippen molar-refractivity contribution in [2.24, 2.45) is 5.73 Å².